The van der Waals surface area contributed by atoms with E-state index < -0.39 is 0 Å². The molecular weight excluding hydrogens is 330 g/mol. The summed E-state index contributed by atoms with van der Waals surface area (Å²) in [7, 11) is 2.04. The molecule has 0 amide bonds. The van der Waals surface area contributed by atoms with Gasteiger partial charge in [0.05, 0.1) is 18.8 Å². The predicted octanol–water partition coefficient (Wildman–Crippen LogP) is 1.66. The average Bonchev–Trinajstić information content (AvgIpc) is 3.38. The molecular formula is C18H27N7O. The number of hydrogen-bond acceptors (Lipinski definition) is 7. The van der Waals surface area contributed by atoms with Crippen molar-refractivity contribution in [3.63, 3.8) is 0 Å². The SMILES string of the molecule is CCN1CCO[C@@H](CNc2cc(NC3CC3)ncn2)[C@@H]1c1nccn1C. The van der Waals surface area contributed by atoms with Gasteiger partial charge in [-0.3, -0.25) is 4.90 Å². The van der Waals surface area contributed by atoms with Gasteiger partial charge in [0.15, 0.2) is 0 Å². The molecule has 140 valence electrons. The first-order valence-electron chi connectivity index (χ1n) is 9.40. The second-order valence-electron chi connectivity index (χ2n) is 6.97. The van der Waals surface area contributed by atoms with Crippen LogP contribution in [0.3, 0.4) is 0 Å². The van der Waals surface area contributed by atoms with Crippen molar-refractivity contribution in [3.8, 4) is 0 Å². The van der Waals surface area contributed by atoms with Crippen LogP contribution in [-0.4, -0.2) is 62.8 Å². The largest absolute Gasteiger partial charge is 0.373 e. The molecule has 0 bridgehead atoms. The summed E-state index contributed by atoms with van der Waals surface area (Å²) in [5.74, 6) is 2.74. The molecule has 8 nitrogen and oxygen atoms in total. The van der Waals surface area contributed by atoms with Crippen LogP contribution in [0.2, 0.25) is 0 Å². The molecule has 4 rings (SSSR count). The van der Waals surface area contributed by atoms with E-state index in [1.807, 2.05) is 25.5 Å². The fraction of sp³-hybridized carbons (Fsp3) is 0.611. The molecule has 3 heterocycles. The molecule has 1 saturated carbocycles. The van der Waals surface area contributed by atoms with Crippen LogP contribution in [0, 0.1) is 0 Å². The summed E-state index contributed by atoms with van der Waals surface area (Å²) < 4.78 is 8.19. The molecule has 1 saturated heterocycles. The first-order chi connectivity index (χ1) is 12.7. The molecule has 2 atom stereocenters. The summed E-state index contributed by atoms with van der Waals surface area (Å²) in [6.45, 7) is 5.49. The van der Waals surface area contributed by atoms with Crippen molar-refractivity contribution in [2.75, 3.05) is 36.9 Å². The maximum atomic E-state index is 6.11. The van der Waals surface area contributed by atoms with Gasteiger partial charge in [0.25, 0.3) is 0 Å². The Bertz CT molecular complexity index is 730. The highest BCUT2D eigenvalue weighted by atomic mass is 16.5. The fourth-order valence-electron chi connectivity index (χ4n) is 3.48. The number of ether oxygens (including phenoxy) is 1. The monoisotopic (exact) mass is 357 g/mol. The smallest absolute Gasteiger partial charge is 0.131 e. The maximum Gasteiger partial charge on any atom is 0.131 e. The Labute approximate surface area is 154 Å². The summed E-state index contributed by atoms with van der Waals surface area (Å²) in [5.41, 5.74) is 0. The Morgan fingerprint density at radius 3 is 2.81 bits per heavy atom. The highest BCUT2D eigenvalue weighted by molar-refractivity contribution is 5.47. The minimum Gasteiger partial charge on any atom is -0.373 e. The zero-order valence-corrected chi connectivity index (χ0v) is 15.4. The van der Waals surface area contributed by atoms with Gasteiger partial charge in [-0.2, -0.15) is 0 Å². The van der Waals surface area contributed by atoms with Crippen LogP contribution < -0.4 is 10.6 Å². The summed E-state index contributed by atoms with van der Waals surface area (Å²) in [6.07, 6.45) is 7.90. The van der Waals surface area contributed by atoms with E-state index in [0.717, 1.165) is 37.2 Å². The number of aryl methyl sites for hydroxylation is 1. The Hall–Kier alpha value is -2.19. The van der Waals surface area contributed by atoms with Gasteiger partial charge < -0.3 is 19.9 Å². The van der Waals surface area contributed by atoms with E-state index in [1.165, 1.54) is 12.8 Å². The van der Waals surface area contributed by atoms with Crippen LogP contribution >= 0.6 is 0 Å². The van der Waals surface area contributed by atoms with Gasteiger partial charge in [-0.15, -0.1) is 0 Å². The van der Waals surface area contributed by atoms with Crippen molar-refractivity contribution in [2.45, 2.75) is 38.0 Å². The lowest BCUT2D eigenvalue weighted by molar-refractivity contribution is -0.0675. The lowest BCUT2D eigenvalue weighted by Gasteiger charge is -2.40. The molecule has 1 aliphatic carbocycles. The zero-order chi connectivity index (χ0) is 17.9. The normalized spacial score (nSPS) is 23.8. The summed E-state index contributed by atoms with van der Waals surface area (Å²) in [5, 5.41) is 6.83. The predicted molar refractivity (Wildman–Crippen MR) is 100 cm³/mol. The molecule has 26 heavy (non-hydrogen) atoms. The molecule has 2 N–H and O–H groups in total. The number of nitrogens with one attached hydrogen (secondary N) is 2. The molecule has 2 aromatic heterocycles. The molecule has 2 fully saturated rings. The van der Waals surface area contributed by atoms with Crippen LogP contribution in [0.1, 0.15) is 31.6 Å². The third kappa shape index (κ3) is 3.81. The number of likely N-dealkylation sites (N-methyl/N-ethyl adjacent to an activating group) is 1. The van der Waals surface area contributed by atoms with Crippen molar-refractivity contribution in [2.24, 2.45) is 7.05 Å². The van der Waals surface area contributed by atoms with Gasteiger partial charge in [-0.05, 0) is 19.4 Å². The second-order valence-corrected chi connectivity index (χ2v) is 6.97. The van der Waals surface area contributed by atoms with E-state index in [0.29, 0.717) is 12.6 Å². The Morgan fingerprint density at radius 1 is 1.23 bits per heavy atom. The minimum atomic E-state index is 0.0135. The van der Waals surface area contributed by atoms with Crippen molar-refractivity contribution in [1.82, 2.24) is 24.4 Å². The van der Waals surface area contributed by atoms with Crippen LogP contribution in [0.4, 0.5) is 11.6 Å². The van der Waals surface area contributed by atoms with Gasteiger partial charge >= 0.3 is 0 Å². The van der Waals surface area contributed by atoms with Crippen LogP contribution in [-0.2, 0) is 11.8 Å². The molecule has 1 aliphatic heterocycles. The number of imidazole rings is 1. The van der Waals surface area contributed by atoms with E-state index >= 15 is 0 Å². The molecule has 0 spiro atoms. The third-order valence-electron chi connectivity index (χ3n) is 5.07. The average molecular weight is 357 g/mol. The van der Waals surface area contributed by atoms with E-state index in [-0.39, 0.29) is 12.1 Å². The third-order valence-corrected chi connectivity index (χ3v) is 5.07. The lowest BCUT2D eigenvalue weighted by atomic mass is 10.1. The molecule has 0 unspecified atom stereocenters. The minimum absolute atomic E-state index is 0.0135. The van der Waals surface area contributed by atoms with Gasteiger partial charge in [0.1, 0.15) is 23.8 Å². The number of rotatable bonds is 7. The Kier molecular flexibility index (Phi) is 5.03. The van der Waals surface area contributed by atoms with Crippen LogP contribution in [0.5, 0.6) is 0 Å². The van der Waals surface area contributed by atoms with Crippen molar-refractivity contribution < 1.29 is 4.74 Å². The molecule has 2 aliphatic rings. The number of hydrogen-bond donors (Lipinski definition) is 2. The standard InChI is InChI=1S/C18H27N7O/c1-3-25-8-9-26-14(17(25)18-19-6-7-24(18)2)11-20-15-10-16(22-12-21-15)23-13-4-5-13/h6-7,10,12-14,17H,3-5,8-9,11H2,1-2H3,(H2,20,21,22,23)/t14-,17+/m0/s1. The van der Waals surface area contributed by atoms with E-state index in [2.05, 4.69) is 42.0 Å². The Balaban J connectivity index is 1.46. The van der Waals surface area contributed by atoms with Gasteiger partial charge in [0, 0.05) is 44.6 Å². The topological polar surface area (TPSA) is 80.1 Å². The number of aromatic nitrogens is 4. The molecule has 8 heteroatoms. The van der Waals surface area contributed by atoms with Gasteiger partial charge in [-0.25, -0.2) is 15.0 Å². The van der Waals surface area contributed by atoms with Crippen LogP contribution in [0.25, 0.3) is 0 Å². The van der Waals surface area contributed by atoms with E-state index in [4.69, 9.17) is 4.74 Å². The molecule has 0 aromatic carbocycles. The fourth-order valence-corrected chi connectivity index (χ4v) is 3.48. The highest BCUT2D eigenvalue weighted by Crippen LogP contribution is 2.29. The summed E-state index contributed by atoms with van der Waals surface area (Å²) in [6, 6.07) is 2.67. The quantitative estimate of drug-likeness (QED) is 0.780. The first-order valence-corrected chi connectivity index (χ1v) is 9.40. The van der Waals surface area contributed by atoms with Crippen molar-refractivity contribution >= 4 is 11.6 Å². The summed E-state index contributed by atoms with van der Waals surface area (Å²) >= 11 is 0. The van der Waals surface area contributed by atoms with Gasteiger partial charge in [0.2, 0.25) is 0 Å². The summed E-state index contributed by atoms with van der Waals surface area (Å²) in [4.78, 5) is 15.6. The highest BCUT2D eigenvalue weighted by Gasteiger charge is 2.35. The van der Waals surface area contributed by atoms with E-state index in [9.17, 15) is 0 Å². The molecule has 2 aromatic rings. The Morgan fingerprint density at radius 2 is 2.08 bits per heavy atom. The lowest BCUT2D eigenvalue weighted by Crippen LogP contribution is -2.48. The molecule has 0 radical (unpaired) electrons. The zero-order valence-electron chi connectivity index (χ0n) is 15.4. The van der Waals surface area contributed by atoms with Crippen molar-refractivity contribution in [1.29, 1.82) is 0 Å². The number of morpholine rings is 1. The number of nitrogens with zero attached hydrogens (tertiary/aromatic N) is 5. The first kappa shape index (κ1) is 17.2. The second kappa shape index (κ2) is 7.59. The van der Waals surface area contributed by atoms with Crippen molar-refractivity contribution in [3.05, 3.63) is 30.6 Å². The maximum absolute atomic E-state index is 6.11. The van der Waals surface area contributed by atoms with Crippen LogP contribution in [0.15, 0.2) is 24.8 Å². The van der Waals surface area contributed by atoms with Gasteiger partial charge in [-0.1, -0.05) is 6.92 Å². The number of anilines is 2. The van der Waals surface area contributed by atoms with E-state index in [1.54, 1.807) is 6.33 Å².